The molecule has 0 aromatic rings. The first kappa shape index (κ1) is 12.7. The van der Waals surface area contributed by atoms with E-state index in [4.69, 9.17) is 5.11 Å². The first-order valence-electron chi connectivity index (χ1n) is 6.01. The van der Waals surface area contributed by atoms with Crippen molar-refractivity contribution < 1.29 is 14.7 Å². The monoisotopic (exact) mass is 257 g/mol. The van der Waals surface area contributed by atoms with Crippen LogP contribution in [0.2, 0.25) is 0 Å². The third-order valence-corrected chi connectivity index (χ3v) is 4.85. The topological polar surface area (TPSA) is 57.6 Å². The van der Waals surface area contributed by atoms with E-state index in [0.717, 1.165) is 12.2 Å². The van der Waals surface area contributed by atoms with Crippen molar-refractivity contribution in [3.63, 3.8) is 0 Å². The summed E-state index contributed by atoms with van der Waals surface area (Å²) in [6, 6.07) is 0. The van der Waals surface area contributed by atoms with Gasteiger partial charge in [0.15, 0.2) is 0 Å². The highest BCUT2D eigenvalue weighted by Gasteiger charge is 2.52. The maximum atomic E-state index is 12.2. The lowest BCUT2D eigenvalue weighted by Crippen LogP contribution is -2.39. The van der Waals surface area contributed by atoms with Crippen LogP contribution in [0, 0.1) is 17.3 Å². The van der Waals surface area contributed by atoms with E-state index in [9.17, 15) is 9.59 Å². The molecule has 96 valence electrons. The number of carbonyl (C=O) groups excluding carboxylic acids is 1. The van der Waals surface area contributed by atoms with E-state index in [0.29, 0.717) is 18.8 Å². The maximum Gasteiger partial charge on any atom is 0.309 e. The van der Waals surface area contributed by atoms with Gasteiger partial charge in [-0.2, -0.15) is 11.8 Å². The summed E-state index contributed by atoms with van der Waals surface area (Å²) in [6.07, 6.45) is 0.938. The van der Waals surface area contributed by atoms with E-state index in [1.54, 1.807) is 16.7 Å². The zero-order chi connectivity index (χ0) is 12.6. The zero-order valence-electron chi connectivity index (χ0n) is 10.3. The van der Waals surface area contributed by atoms with Gasteiger partial charge in [-0.25, -0.2) is 0 Å². The number of hydrogen-bond acceptors (Lipinski definition) is 3. The second kappa shape index (κ2) is 4.52. The van der Waals surface area contributed by atoms with Crippen molar-refractivity contribution in [3.05, 3.63) is 0 Å². The van der Waals surface area contributed by atoms with E-state index >= 15 is 0 Å². The predicted octanol–water partition coefficient (Wildman–Crippen LogP) is 1.31. The summed E-state index contributed by atoms with van der Waals surface area (Å²) in [5.74, 6) is 0.542. The van der Waals surface area contributed by atoms with Gasteiger partial charge in [0.25, 0.3) is 0 Å². The third-order valence-electron chi connectivity index (χ3n) is 3.74. The number of rotatable bonds is 2. The molecule has 2 fully saturated rings. The summed E-state index contributed by atoms with van der Waals surface area (Å²) in [4.78, 5) is 25.0. The van der Waals surface area contributed by atoms with Gasteiger partial charge in [0.05, 0.1) is 5.92 Å². The van der Waals surface area contributed by atoms with Crippen molar-refractivity contribution in [2.75, 3.05) is 24.6 Å². The maximum absolute atomic E-state index is 12.2. The van der Waals surface area contributed by atoms with Crippen molar-refractivity contribution in [1.82, 2.24) is 4.90 Å². The van der Waals surface area contributed by atoms with Crippen LogP contribution in [0.15, 0.2) is 0 Å². The SMILES string of the molecule is CC1(C)C[C@@H]1C(=O)N1CCSCC(C(=O)O)C1. The molecule has 1 aliphatic carbocycles. The highest BCUT2D eigenvalue weighted by molar-refractivity contribution is 7.99. The van der Waals surface area contributed by atoms with Crippen molar-refractivity contribution in [3.8, 4) is 0 Å². The van der Waals surface area contributed by atoms with Crippen LogP contribution in [0.4, 0.5) is 0 Å². The highest BCUT2D eigenvalue weighted by Crippen LogP contribution is 2.52. The molecule has 0 aromatic carbocycles. The number of thioether (sulfide) groups is 1. The molecule has 2 atom stereocenters. The van der Waals surface area contributed by atoms with E-state index in [-0.39, 0.29) is 17.2 Å². The highest BCUT2D eigenvalue weighted by atomic mass is 32.2. The summed E-state index contributed by atoms with van der Waals surface area (Å²) in [7, 11) is 0. The lowest BCUT2D eigenvalue weighted by atomic mass is 10.1. The van der Waals surface area contributed by atoms with Crippen molar-refractivity contribution in [1.29, 1.82) is 0 Å². The number of carbonyl (C=O) groups is 2. The minimum Gasteiger partial charge on any atom is -0.481 e. The minimum atomic E-state index is -0.785. The molecular formula is C12H19NO3S. The molecule has 5 heteroatoms. The Morgan fingerprint density at radius 1 is 1.41 bits per heavy atom. The first-order chi connectivity index (χ1) is 7.92. The van der Waals surface area contributed by atoms with Crippen molar-refractivity contribution >= 4 is 23.6 Å². The van der Waals surface area contributed by atoms with E-state index < -0.39 is 11.9 Å². The Balaban J connectivity index is 1.99. The zero-order valence-corrected chi connectivity index (χ0v) is 11.1. The molecule has 1 aliphatic heterocycles. The third kappa shape index (κ3) is 2.76. The van der Waals surface area contributed by atoms with Gasteiger partial charge in [0.2, 0.25) is 5.91 Å². The van der Waals surface area contributed by atoms with Crippen LogP contribution in [0.3, 0.4) is 0 Å². The Morgan fingerprint density at radius 2 is 2.06 bits per heavy atom. The van der Waals surface area contributed by atoms with Crippen molar-refractivity contribution in [2.24, 2.45) is 17.3 Å². The van der Waals surface area contributed by atoms with Crippen LogP contribution in [-0.2, 0) is 9.59 Å². The molecule has 1 amide bonds. The van der Waals surface area contributed by atoms with Crippen LogP contribution in [0.1, 0.15) is 20.3 Å². The molecule has 0 radical (unpaired) electrons. The number of carboxylic acid groups (broad SMARTS) is 1. The summed E-state index contributed by atoms with van der Waals surface area (Å²) < 4.78 is 0. The number of nitrogens with zero attached hydrogens (tertiary/aromatic N) is 1. The lowest BCUT2D eigenvalue weighted by Gasteiger charge is -2.23. The Bertz CT molecular complexity index is 343. The summed E-state index contributed by atoms with van der Waals surface area (Å²) in [5, 5.41) is 9.07. The second-order valence-corrected chi connectivity index (χ2v) is 6.79. The van der Waals surface area contributed by atoms with E-state index in [1.165, 1.54) is 0 Å². The normalized spacial score (nSPS) is 31.8. The fraction of sp³-hybridized carbons (Fsp3) is 0.833. The second-order valence-electron chi connectivity index (χ2n) is 5.64. The Labute approximate surface area is 106 Å². The largest absolute Gasteiger partial charge is 0.481 e. The fourth-order valence-corrected chi connectivity index (χ4v) is 3.32. The molecular weight excluding hydrogens is 238 g/mol. The fourth-order valence-electron chi connectivity index (χ4n) is 2.27. The Morgan fingerprint density at radius 3 is 2.59 bits per heavy atom. The van der Waals surface area contributed by atoms with Crippen LogP contribution in [0.5, 0.6) is 0 Å². The van der Waals surface area contributed by atoms with Gasteiger partial charge in [-0.05, 0) is 11.8 Å². The summed E-state index contributed by atoms with van der Waals surface area (Å²) >= 11 is 1.63. The van der Waals surface area contributed by atoms with Crippen molar-refractivity contribution in [2.45, 2.75) is 20.3 Å². The van der Waals surface area contributed by atoms with Crippen LogP contribution in [-0.4, -0.2) is 46.5 Å². The van der Waals surface area contributed by atoms with Gasteiger partial charge in [-0.15, -0.1) is 0 Å². The number of aliphatic carboxylic acids is 1. The smallest absolute Gasteiger partial charge is 0.309 e. The average molecular weight is 257 g/mol. The van der Waals surface area contributed by atoms with Gasteiger partial charge in [0, 0.05) is 30.5 Å². The average Bonchev–Trinajstić information content (AvgIpc) is 2.94. The molecule has 1 N–H and O–H groups in total. The van der Waals surface area contributed by atoms with Crippen LogP contribution >= 0.6 is 11.8 Å². The quantitative estimate of drug-likeness (QED) is 0.810. The molecule has 2 rings (SSSR count). The molecule has 0 aromatic heterocycles. The Kier molecular flexibility index (Phi) is 3.39. The molecule has 0 spiro atoms. The van der Waals surface area contributed by atoms with Crippen LogP contribution in [0.25, 0.3) is 0 Å². The lowest BCUT2D eigenvalue weighted by molar-refractivity contribution is -0.143. The van der Waals surface area contributed by atoms with Crippen LogP contribution < -0.4 is 0 Å². The Hall–Kier alpha value is -0.710. The number of amides is 1. The van der Waals surface area contributed by atoms with E-state index in [1.807, 2.05) is 0 Å². The predicted molar refractivity (Wildman–Crippen MR) is 66.9 cm³/mol. The molecule has 2 aliphatic rings. The van der Waals surface area contributed by atoms with Gasteiger partial charge in [0.1, 0.15) is 0 Å². The van der Waals surface area contributed by atoms with Gasteiger partial charge >= 0.3 is 5.97 Å². The number of hydrogen-bond donors (Lipinski definition) is 1. The molecule has 1 saturated heterocycles. The number of carboxylic acids is 1. The summed E-state index contributed by atoms with van der Waals surface area (Å²) in [6.45, 7) is 5.27. The molecule has 1 saturated carbocycles. The molecule has 17 heavy (non-hydrogen) atoms. The van der Waals surface area contributed by atoms with Gasteiger partial charge < -0.3 is 10.0 Å². The van der Waals surface area contributed by atoms with Gasteiger partial charge in [-0.1, -0.05) is 13.8 Å². The molecule has 1 heterocycles. The minimum absolute atomic E-state index is 0.111. The summed E-state index contributed by atoms with van der Waals surface area (Å²) in [5.41, 5.74) is 0.120. The molecule has 0 bridgehead atoms. The van der Waals surface area contributed by atoms with E-state index in [2.05, 4.69) is 13.8 Å². The first-order valence-corrected chi connectivity index (χ1v) is 7.16. The standard InChI is InChI=1S/C12H19NO3S/c1-12(2)5-9(12)10(14)13-3-4-17-7-8(6-13)11(15)16/h8-9H,3-7H2,1-2H3,(H,15,16)/t8?,9-/m1/s1. The van der Waals surface area contributed by atoms with Gasteiger partial charge in [-0.3, -0.25) is 9.59 Å². The molecule has 1 unspecified atom stereocenters. The molecule has 4 nitrogen and oxygen atoms in total.